The highest BCUT2D eigenvalue weighted by molar-refractivity contribution is 5.36. The maximum absolute atomic E-state index is 13.7. The molecule has 0 aliphatic carbocycles. The quantitative estimate of drug-likeness (QED) is 0.797. The van der Waals surface area contributed by atoms with Crippen LogP contribution >= 0.6 is 0 Å². The zero-order valence-electron chi connectivity index (χ0n) is 11.6. The molecule has 0 spiro atoms. The molecule has 1 aromatic carbocycles. The zero-order chi connectivity index (χ0) is 16.4. The van der Waals surface area contributed by atoms with Gasteiger partial charge in [-0.15, -0.1) is 0 Å². The molecular weight excluding hydrogens is 304 g/mol. The van der Waals surface area contributed by atoms with E-state index >= 15 is 0 Å². The van der Waals surface area contributed by atoms with E-state index in [0.717, 1.165) is 10.9 Å². The van der Waals surface area contributed by atoms with Crippen LogP contribution in [-0.2, 0) is 6.42 Å². The number of hydrogen-bond donors (Lipinski definition) is 1. The van der Waals surface area contributed by atoms with Crippen molar-refractivity contribution in [3.8, 4) is 12.0 Å². The van der Waals surface area contributed by atoms with Crippen LogP contribution in [0.1, 0.15) is 16.8 Å². The summed E-state index contributed by atoms with van der Waals surface area (Å²) >= 11 is 0. The predicted octanol–water partition coefficient (Wildman–Crippen LogP) is 1.70. The number of nitrogens with zero attached hydrogens (tertiary/aromatic N) is 4. The first-order valence-electron chi connectivity index (χ1n) is 6.55. The maximum Gasteiger partial charge on any atom is 0.288 e. The van der Waals surface area contributed by atoms with Gasteiger partial charge in [-0.2, -0.15) is 14.8 Å². The van der Waals surface area contributed by atoms with Crippen LogP contribution in [0.4, 0.5) is 8.78 Å². The molecule has 23 heavy (non-hydrogen) atoms. The van der Waals surface area contributed by atoms with Crippen molar-refractivity contribution in [2.45, 2.75) is 6.42 Å². The van der Waals surface area contributed by atoms with Gasteiger partial charge < -0.3 is 0 Å². The molecule has 0 saturated carbocycles. The Morgan fingerprint density at radius 3 is 2.74 bits per heavy atom. The van der Waals surface area contributed by atoms with E-state index in [9.17, 15) is 18.8 Å². The third kappa shape index (κ3) is 2.85. The van der Waals surface area contributed by atoms with Gasteiger partial charge in [-0.05, 0) is 11.6 Å². The van der Waals surface area contributed by atoms with Crippen molar-refractivity contribution in [3.05, 3.63) is 75.5 Å². The minimum absolute atomic E-state index is 0.0346. The Morgan fingerprint density at radius 1 is 1.26 bits per heavy atom. The Balaban J connectivity index is 2.01. The van der Waals surface area contributed by atoms with Crippen LogP contribution in [0.2, 0.25) is 0 Å². The van der Waals surface area contributed by atoms with Crippen molar-refractivity contribution < 1.29 is 8.78 Å². The van der Waals surface area contributed by atoms with Crippen LogP contribution in [0.15, 0.2) is 41.5 Å². The minimum atomic E-state index is -1.02. The molecule has 0 unspecified atom stereocenters. The van der Waals surface area contributed by atoms with Gasteiger partial charge in [-0.3, -0.25) is 9.78 Å². The predicted molar refractivity (Wildman–Crippen MR) is 75.9 cm³/mol. The molecule has 8 heteroatoms. The number of nitriles is 1. The van der Waals surface area contributed by atoms with E-state index in [-0.39, 0.29) is 17.9 Å². The summed E-state index contributed by atoms with van der Waals surface area (Å²) in [5, 5.41) is 13.3. The molecule has 3 rings (SSSR count). The Kier molecular flexibility index (Phi) is 3.68. The lowest BCUT2D eigenvalue weighted by Crippen LogP contribution is -2.16. The fourth-order valence-electron chi connectivity index (χ4n) is 2.05. The summed E-state index contributed by atoms with van der Waals surface area (Å²) in [7, 11) is 0. The summed E-state index contributed by atoms with van der Waals surface area (Å²) in [5.74, 6) is -1.46. The van der Waals surface area contributed by atoms with Gasteiger partial charge >= 0.3 is 0 Å². The number of halogens is 2. The van der Waals surface area contributed by atoms with Gasteiger partial charge in [0.25, 0.3) is 5.56 Å². The Bertz CT molecular complexity index is 970. The second-order valence-corrected chi connectivity index (χ2v) is 4.70. The van der Waals surface area contributed by atoms with Crippen LogP contribution in [0.25, 0.3) is 5.95 Å². The van der Waals surface area contributed by atoms with Gasteiger partial charge in [-0.25, -0.2) is 14.1 Å². The number of benzene rings is 1. The van der Waals surface area contributed by atoms with Crippen molar-refractivity contribution in [2.75, 3.05) is 0 Å². The molecule has 6 nitrogen and oxygen atoms in total. The van der Waals surface area contributed by atoms with E-state index in [1.165, 1.54) is 12.3 Å². The highest BCUT2D eigenvalue weighted by Gasteiger charge is 2.14. The lowest BCUT2D eigenvalue weighted by Gasteiger charge is -2.01. The third-order valence-corrected chi connectivity index (χ3v) is 3.19. The molecule has 0 saturated heterocycles. The molecule has 0 amide bonds. The highest BCUT2D eigenvalue weighted by atomic mass is 19.1. The molecule has 1 N–H and O–H groups in total. The van der Waals surface area contributed by atoms with Crippen LogP contribution < -0.4 is 5.56 Å². The van der Waals surface area contributed by atoms with Gasteiger partial charge in [0.05, 0.1) is 23.7 Å². The average Bonchev–Trinajstić information content (AvgIpc) is 2.95. The maximum atomic E-state index is 13.7. The lowest BCUT2D eigenvalue weighted by atomic mass is 10.1. The first kappa shape index (κ1) is 14.6. The van der Waals surface area contributed by atoms with Gasteiger partial charge in [0.15, 0.2) is 0 Å². The smallest absolute Gasteiger partial charge is 0.288 e. The van der Waals surface area contributed by atoms with Crippen molar-refractivity contribution in [2.24, 2.45) is 0 Å². The Hall–Kier alpha value is -3.34. The molecule has 0 aliphatic heterocycles. The number of hydrogen-bond acceptors (Lipinski definition) is 4. The molecular formula is C15H9F2N5O. The fourth-order valence-corrected chi connectivity index (χ4v) is 2.05. The standard InChI is InChI=1S/C15H9F2N5O/c16-11-4-2-1-3-9(11)5-13-10(6-18)8-22(21-13)15-19-7-12(17)14(23)20-15/h1-4,7-8H,5H2,(H,19,20,23). The monoisotopic (exact) mass is 313 g/mol. The molecule has 0 bridgehead atoms. The molecule has 0 aliphatic rings. The molecule has 0 fully saturated rings. The van der Waals surface area contributed by atoms with E-state index in [1.807, 2.05) is 6.07 Å². The third-order valence-electron chi connectivity index (χ3n) is 3.19. The topological polar surface area (TPSA) is 87.4 Å². The second-order valence-electron chi connectivity index (χ2n) is 4.70. The van der Waals surface area contributed by atoms with Crippen LogP contribution in [-0.4, -0.2) is 19.7 Å². The summed E-state index contributed by atoms with van der Waals surface area (Å²) in [5.41, 5.74) is -0.0285. The molecule has 2 aromatic heterocycles. The van der Waals surface area contributed by atoms with E-state index < -0.39 is 17.2 Å². The molecule has 2 heterocycles. The number of rotatable bonds is 3. The summed E-state index contributed by atoms with van der Waals surface area (Å²) in [6, 6.07) is 8.11. The summed E-state index contributed by atoms with van der Waals surface area (Å²) in [6.45, 7) is 0. The number of aromatic nitrogens is 4. The van der Waals surface area contributed by atoms with E-state index in [0.29, 0.717) is 11.3 Å². The van der Waals surface area contributed by atoms with E-state index in [1.54, 1.807) is 18.2 Å². The van der Waals surface area contributed by atoms with Crippen LogP contribution in [0, 0.1) is 23.0 Å². The van der Waals surface area contributed by atoms with Crippen molar-refractivity contribution in [1.82, 2.24) is 19.7 Å². The second kappa shape index (κ2) is 5.81. The van der Waals surface area contributed by atoms with Crippen molar-refractivity contribution >= 4 is 0 Å². The summed E-state index contributed by atoms with van der Waals surface area (Å²) < 4.78 is 27.8. The first-order chi connectivity index (χ1) is 11.1. The number of nitrogens with one attached hydrogen (secondary N) is 1. The van der Waals surface area contributed by atoms with Gasteiger partial charge in [0.2, 0.25) is 11.8 Å². The fraction of sp³-hybridized carbons (Fsp3) is 0.0667. The molecule has 0 atom stereocenters. The minimum Gasteiger partial charge on any atom is -0.288 e. The van der Waals surface area contributed by atoms with Crippen molar-refractivity contribution in [1.29, 1.82) is 5.26 Å². The Morgan fingerprint density at radius 2 is 2.04 bits per heavy atom. The van der Waals surface area contributed by atoms with Gasteiger partial charge in [-0.1, -0.05) is 18.2 Å². The summed E-state index contributed by atoms with van der Waals surface area (Å²) in [6.07, 6.45) is 2.21. The molecule has 0 radical (unpaired) electrons. The zero-order valence-corrected chi connectivity index (χ0v) is 11.6. The normalized spacial score (nSPS) is 10.5. The molecule has 3 aromatic rings. The van der Waals surface area contributed by atoms with Crippen molar-refractivity contribution in [3.63, 3.8) is 0 Å². The SMILES string of the molecule is N#Cc1cn(-c2ncc(F)c(=O)[nH]2)nc1Cc1ccccc1F. The van der Waals surface area contributed by atoms with E-state index in [4.69, 9.17) is 0 Å². The van der Waals surface area contributed by atoms with Crippen LogP contribution in [0.5, 0.6) is 0 Å². The van der Waals surface area contributed by atoms with E-state index in [2.05, 4.69) is 15.1 Å². The number of H-pyrrole nitrogens is 1. The molecule has 114 valence electrons. The van der Waals surface area contributed by atoms with Gasteiger partial charge in [0.1, 0.15) is 11.9 Å². The lowest BCUT2D eigenvalue weighted by molar-refractivity contribution is 0.594. The number of aromatic amines is 1. The van der Waals surface area contributed by atoms with Gasteiger partial charge in [0, 0.05) is 6.42 Å². The largest absolute Gasteiger partial charge is 0.288 e. The summed E-state index contributed by atoms with van der Waals surface area (Å²) in [4.78, 5) is 17.2. The van der Waals surface area contributed by atoms with Crippen LogP contribution in [0.3, 0.4) is 0 Å². The highest BCUT2D eigenvalue weighted by Crippen LogP contribution is 2.16. The average molecular weight is 313 g/mol. The first-order valence-corrected chi connectivity index (χ1v) is 6.55. The Labute approximate surface area is 128 Å².